The van der Waals surface area contributed by atoms with Gasteiger partial charge in [0.2, 0.25) is 10.0 Å². The van der Waals surface area contributed by atoms with Gasteiger partial charge in [-0.2, -0.15) is 4.31 Å². The number of benzene rings is 1. The van der Waals surface area contributed by atoms with Crippen molar-refractivity contribution < 1.29 is 13.2 Å². The molecule has 2 heterocycles. The molecule has 28 heavy (non-hydrogen) atoms. The molecule has 6 nitrogen and oxygen atoms in total. The van der Waals surface area contributed by atoms with Crippen molar-refractivity contribution in [3.05, 3.63) is 29.3 Å². The van der Waals surface area contributed by atoms with Crippen molar-refractivity contribution in [1.29, 1.82) is 0 Å². The first kappa shape index (κ1) is 21.7. The molecule has 0 radical (unpaired) electrons. The summed E-state index contributed by atoms with van der Waals surface area (Å²) in [7, 11) is -3.42. The fourth-order valence-corrected chi connectivity index (χ4v) is 5.87. The van der Waals surface area contributed by atoms with E-state index in [0.717, 1.165) is 57.0 Å². The monoisotopic (exact) mass is 409 g/mol. The summed E-state index contributed by atoms with van der Waals surface area (Å²) in [5.74, 6) is 0.665. The first-order valence-electron chi connectivity index (χ1n) is 10.4. The number of ether oxygens (including phenoxy) is 1. The number of rotatable bonds is 6. The van der Waals surface area contributed by atoms with Crippen LogP contribution >= 0.6 is 0 Å². The molecule has 0 bridgehead atoms. The maximum Gasteiger partial charge on any atom is 0.243 e. The maximum absolute atomic E-state index is 13.0. The lowest BCUT2D eigenvalue weighted by atomic mass is 10.1. The fraction of sp³-hybridized carbons (Fsp3) is 0.714. The molecule has 0 N–H and O–H groups in total. The van der Waals surface area contributed by atoms with E-state index in [-0.39, 0.29) is 6.10 Å². The Bertz CT molecular complexity index is 758. The summed E-state index contributed by atoms with van der Waals surface area (Å²) in [5.41, 5.74) is 1.91. The number of aryl methyl sites for hydroxylation is 2. The third-order valence-corrected chi connectivity index (χ3v) is 7.65. The first-order valence-corrected chi connectivity index (χ1v) is 11.8. The van der Waals surface area contributed by atoms with Gasteiger partial charge in [0.05, 0.1) is 17.6 Å². The average molecular weight is 410 g/mol. The Morgan fingerprint density at radius 3 is 2.43 bits per heavy atom. The van der Waals surface area contributed by atoms with Gasteiger partial charge in [-0.3, -0.25) is 9.80 Å². The standard InChI is InChI=1S/C21H35N3O3S/c1-17(2)14-23-11-12-27-20(16-23)15-22-7-9-24(10-8-22)28(25,26)21-6-5-18(3)13-19(21)4/h5-6,13,17,20H,7-12,14-16H2,1-4H3/t20-/m0/s1. The van der Waals surface area contributed by atoms with E-state index in [4.69, 9.17) is 4.74 Å². The van der Waals surface area contributed by atoms with Crippen LogP contribution in [0.25, 0.3) is 0 Å². The highest BCUT2D eigenvalue weighted by molar-refractivity contribution is 7.89. The van der Waals surface area contributed by atoms with Crippen molar-refractivity contribution in [2.75, 3.05) is 59.0 Å². The quantitative estimate of drug-likeness (QED) is 0.719. The lowest BCUT2D eigenvalue weighted by molar-refractivity contribution is -0.0486. The van der Waals surface area contributed by atoms with E-state index in [9.17, 15) is 8.42 Å². The molecule has 2 aliphatic heterocycles. The van der Waals surface area contributed by atoms with Crippen LogP contribution in [0.4, 0.5) is 0 Å². The zero-order valence-electron chi connectivity index (χ0n) is 17.7. The van der Waals surface area contributed by atoms with Crippen LogP contribution in [-0.4, -0.2) is 87.6 Å². The minimum atomic E-state index is -3.42. The summed E-state index contributed by atoms with van der Waals surface area (Å²) in [4.78, 5) is 5.27. The summed E-state index contributed by atoms with van der Waals surface area (Å²) in [6.45, 7) is 15.7. The van der Waals surface area contributed by atoms with Gasteiger partial charge in [-0.1, -0.05) is 31.5 Å². The van der Waals surface area contributed by atoms with Crippen LogP contribution in [0.5, 0.6) is 0 Å². The van der Waals surface area contributed by atoms with Crippen LogP contribution < -0.4 is 0 Å². The molecule has 7 heteroatoms. The Labute approximate surface area is 170 Å². The topological polar surface area (TPSA) is 53.1 Å². The number of hydrogen-bond acceptors (Lipinski definition) is 5. The highest BCUT2D eigenvalue weighted by Gasteiger charge is 2.31. The Morgan fingerprint density at radius 1 is 1.07 bits per heavy atom. The molecule has 2 saturated heterocycles. The van der Waals surface area contributed by atoms with Crippen LogP contribution in [0, 0.1) is 19.8 Å². The van der Waals surface area contributed by atoms with Crippen molar-refractivity contribution in [1.82, 2.24) is 14.1 Å². The maximum atomic E-state index is 13.0. The number of nitrogens with zero attached hydrogens (tertiary/aromatic N) is 3. The molecule has 158 valence electrons. The van der Waals surface area contributed by atoms with Gasteiger partial charge in [-0.25, -0.2) is 8.42 Å². The lowest BCUT2D eigenvalue weighted by Crippen LogP contribution is -2.53. The number of hydrogen-bond donors (Lipinski definition) is 0. The summed E-state index contributed by atoms with van der Waals surface area (Å²) in [5, 5.41) is 0. The molecule has 1 aromatic carbocycles. The zero-order chi connectivity index (χ0) is 20.3. The number of piperazine rings is 1. The van der Waals surface area contributed by atoms with Gasteiger partial charge in [0, 0.05) is 52.4 Å². The Kier molecular flexibility index (Phi) is 7.15. The van der Waals surface area contributed by atoms with E-state index in [0.29, 0.717) is 23.9 Å². The second-order valence-electron chi connectivity index (χ2n) is 8.62. The predicted octanol–water partition coefficient (Wildman–Crippen LogP) is 1.97. The zero-order valence-corrected chi connectivity index (χ0v) is 18.5. The molecule has 1 aromatic rings. The SMILES string of the molecule is Cc1ccc(S(=O)(=O)N2CCN(C[C@H]3CN(CC(C)C)CCO3)CC2)c(C)c1. The summed E-state index contributed by atoms with van der Waals surface area (Å²) >= 11 is 0. The molecule has 1 atom stereocenters. The van der Waals surface area contributed by atoms with E-state index in [2.05, 4.69) is 23.6 Å². The molecule has 0 spiro atoms. The van der Waals surface area contributed by atoms with Crippen molar-refractivity contribution in [3.63, 3.8) is 0 Å². The van der Waals surface area contributed by atoms with Crippen LogP contribution in [-0.2, 0) is 14.8 Å². The van der Waals surface area contributed by atoms with E-state index in [1.54, 1.807) is 10.4 Å². The second-order valence-corrected chi connectivity index (χ2v) is 10.5. The van der Waals surface area contributed by atoms with Gasteiger partial charge in [0.15, 0.2) is 0 Å². The Hall–Kier alpha value is -0.990. The number of morpholine rings is 1. The number of sulfonamides is 1. The highest BCUT2D eigenvalue weighted by Crippen LogP contribution is 2.22. The molecule has 3 rings (SSSR count). The molecule has 2 fully saturated rings. The Balaban J connectivity index is 1.54. The van der Waals surface area contributed by atoms with Gasteiger partial charge in [0.25, 0.3) is 0 Å². The van der Waals surface area contributed by atoms with Gasteiger partial charge in [-0.15, -0.1) is 0 Å². The fourth-order valence-electron chi connectivity index (χ4n) is 4.24. The van der Waals surface area contributed by atoms with Crippen molar-refractivity contribution >= 4 is 10.0 Å². The molecule has 0 unspecified atom stereocenters. The van der Waals surface area contributed by atoms with Crippen LogP contribution in [0.1, 0.15) is 25.0 Å². The Morgan fingerprint density at radius 2 is 1.79 bits per heavy atom. The predicted molar refractivity (Wildman–Crippen MR) is 112 cm³/mol. The van der Waals surface area contributed by atoms with Gasteiger partial charge >= 0.3 is 0 Å². The van der Waals surface area contributed by atoms with E-state index < -0.39 is 10.0 Å². The first-order chi connectivity index (χ1) is 13.3. The molecular weight excluding hydrogens is 374 g/mol. The molecule has 0 amide bonds. The van der Waals surface area contributed by atoms with E-state index in [1.807, 2.05) is 26.0 Å². The normalized spacial score (nSPS) is 23.4. The van der Waals surface area contributed by atoms with Crippen molar-refractivity contribution in [2.45, 2.75) is 38.7 Å². The summed E-state index contributed by atoms with van der Waals surface area (Å²) in [6.07, 6.45) is 0.218. The smallest absolute Gasteiger partial charge is 0.243 e. The highest BCUT2D eigenvalue weighted by atomic mass is 32.2. The van der Waals surface area contributed by atoms with E-state index >= 15 is 0 Å². The summed E-state index contributed by atoms with van der Waals surface area (Å²) < 4.78 is 33.7. The average Bonchev–Trinajstić information content (AvgIpc) is 2.61. The molecular formula is C21H35N3O3S. The summed E-state index contributed by atoms with van der Waals surface area (Å²) in [6, 6.07) is 5.55. The van der Waals surface area contributed by atoms with Crippen molar-refractivity contribution in [3.8, 4) is 0 Å². The minimum absolute atomic E-state index is 0.218. The molecule has 0 saturated carbocycles. The third kappa shape index (κ3) is 5.33. The van der Waals surface area contributed by atoms with Gasteiger partial charge in [0.1, 0.15) is 0 Å². The van der Waals surface area contributed by atoms with Crippen molar-refractivity contribution in [2.24, 2.45) is 5.92 Å². The minimum Gasteiger partial charge on any atom is -0.374 e. The van der Waals surface area contributed by atoms with Crippen LogP contribution in [0.15, 0.2) is 23.1 Å². The lowest BCUT2D eigenvalue weighted by Gasteiger charge is -2.39. The van der Waals surface area contributed by atoms with Gasteiger partial charge < -0.3 is 4.74 Å². The third-order valence-electron chi connectivity index (χ3n) is 5.59. The molecule has 2 aliphatic rings. The second kappa shape index (κ2) is 9.22. The van der Waals surface area contributed by atoms with Gasteiger partial charge in [-0.05, 0) is 31.4 Å². The largest absolute Gasteiger partial charge is 0.374 e. The van der Waals surface area contributed by atoms with Crippen LogP contribution in [0.3, 0.4) is 0 Å². The molecule has 0 aliphatic carbocycles. The molecule has 0 aromatic heterocycles. The van der Waals surface area contributed by atoms with Crippen LogP contribution in [0.2, 0.25) is 0 Å². The van der Waals surface area contributed by atoms with E-state index in [1.165, 1.54) is 0 Å².